The zero-order valence-electron chi connectivity index (χ0n) is 29.6. The summed E-state index contributed by atoms with van der Waals surface area (Å²) in [6.07, 6.45) is 9.91. The number of nitrogens with zero attached hydrogens (tertiary/aromatic N) is 3. The molecule has 0 spiro atoms. The van der Waals surface area contributed by atoms with Gasteiger partial charge in [0.05, 0.1) is 11.1 Å². The van der Waals surface area contributed by atoms with E-state index in [1.54, 1.807) is 18.2 Å². The molecule has 1 unspecified atom stereocenters. The number of imide groups is 2. The molecule has 0 aliphatic carbocycles. The van der Waals surface area contributed by atoms with Crippen molar-refractivity contribution in [2.45, 2.75) is 90.0 Å². The van der Waals surface area contributed by atoms with Crippen LogP contribution in [0.15, 0.2) is 42.5 Å². The lowest BCUT2D eigenvalue weighted by Crippen LogP contribution is -2.54. The number of fused-ring (bicyclic) bond motifs is 1. The van der Waals surface area contributed by atoms with Crippen LogP contribution in [0.3, 0.4) is 0 Å². The Morgan fingerprint density at radius 2 is 1.51 bits per heavy atom. The Hall–Kier alpha value is -4.78. The quantitative estimate of drug-likeness (QED) is 0.102. The highest BCUT2D eigenvalue weighted by Gasteiger charge is 2.45. The van der Waals surface area contributed by atoms with Crippen molar-refractivity contribution in [3.05, 3.63) is 59.2 Å². The van der Waals surface area contributed by atoms with Crippen molar-refractivity contribution in [2.24, 2.45) is 0 Å². The van der Waals surface area contributed by atoms with E-state index in [2.05, 4.69) is 33.3 Å². The van der Waals surface area contributed by atoms with Crippen LogP contribution in [-0.2, 0) is 14.4 Å². The van der Waals surface area contributed by atoms with Gasteiger partial charge < -0.3 is 15.1 Å². The zero-order valence-corrected chi connectivity index (χ0v) is 29.6. The molecule has 51 heavy (non-hydrogen) atoms. The Labute approximate surface area is 299 Å². The van der Waals surface area contributed by atoms with Crippen molar-refractivity contribution in [3.63, 3.8) is 0 Å². The van der Waals surface area contributed by atoms with Gasteiger partial charge in [-0.25, -0.2) is 5.43 Å². The monoisotopic (exact) mass is 701 g/mol. The molecule has 3 aliphatic rings. The highest BCUT2D eigenvalue weighted by atomic mass is 16.2. The maximum absolute atomic E-state index is 13.3. The molecule has 2 aromatic rings. The first-order valence-electron chi connectivity index (χ1n) is 18.5. The van der Waals surface area contributed by atoms with E-state index in [1.807, 2.05) is 29.2 Å². The Morgan fingerprint density at radius 1 is 0.804 bits per heavy atom. The number of piperidine rings is 1. The lowest BCUT2D eigenvalue weighted by molar-refractivity contribution is -0.136. The normalized spacial score (nSPS) is 17.4. The van der Waals surface area contributed by atoms with E-state index in [4.69, 9.17) is 0 Å². The van der Waals surface area contributed by atoms with Crippen LogP contribution in [0.4, 0.5) is 11.4 Å². The number of anilines is 2. The summed E-state index contributed by atoms with van der Waals surface area (Å²) in [4.78, 5) is 80.6. The molecule has 6 amide bonds. The van der Waals surface area contributed by atoms with E-state index >= 15 is 0 Å². The van der Waals surface area contributed by atoms with Crippen molar-refractivity contribution in [2.75, 3.05) is 49.5 Å². The molecule has 13 heteroatoms. The molecule has 13 nitrogen and oxygen atoms in total. The van der Waals surface area contributed by atoms with Gasteiger partial charge >= 0.3 is 0 Å². The van der Waals surface area contributed by atoms with Crippen molar-refractivity contribution >= 4 is 46.8 Å². The highest BCUT2D eigenvalue weighted by molar-refractivity contribution is 6.25. The first-order valence-corrected chi connectivity index (χ1v) is 18.5. The number of hydrazine groups is 1. The second-order valence-corrected chi connectivity index (χ2v) is 13.5. The number of nitrogens with one attached hydrogen (secondary N) is 4. The van der Waals surface area contributed by atoms with E-state index in [1.165, 1.54) is 12.8 Å². The average Bonchev–Trinajstić information content (AvgIpc) is 3.40. The van der Waals surface area contributed by atoms with E-state index in [-0.39, 0.29) is 35.8 Å². The summed E-state index contributed by atoms with van der Waals surface area (Å²) < 4.78 is 0. The van der Waals surface area contributed by atoms with Crippen LogP contribution in [0, 0.1) is 0 Å². The molecule has 4 N–H and O–H groups in total. The van der Waals surface area contributed by atoms with Crippen molar-refractivity contribution in [1.82, 2.24) is 26.0 Å². The maximum atomic E-state index is 13.3. The third-order valence-electron chi connectivity index (χ3n) is 9.84. The summed E-state index contributed by atoms with van der Waals surface area (Å²) in [5, 5.41) is 5.51. The number of carbonyl (C=O) groups excluding carboxylic acids is 6. The van der Waals surface area contributed by atoms with Crippen molar-refractivity contribution in [1.29, 1.82) is 0 Å². The van der Waals surface area contributed by atoms with Gasteiger partial charge in [0, 0.05) is 69.0 Å². The number of hydrogen-bond donors (Lipinski definition) is 4. The Balaban J connectivity index is 0.941. The SMILES string of the molecule is CCCCCCNNC(=O)c1ccc(N2CCN(C(=O)CCCCCCCNc3cccc4c3C(=O)N(C3CCC(=O)NC3=O)C4=O)CC2)cc1. The van der Waals surface area contributed by atoms with Gasteiger partial charge in [-0.15, -0.1) is 0 Å². The topological polar surface area (TPSA) is 160 Å². The van der Waals surface area contributed by atoms with Crippen LogP contribution >= 0.6 is 0 Å². The molecule has 2 saturated heterocycles. The van der Waals surface area contributed by atoms with E-state index in [0.717, 1.165) is 75.2 Å². The predicted molar refractivity (Wildman–Crippen MR) is 194 cm³/mol. The molecule has 0 radical (unpaired) electrons. The molecule has 2 aromatic carbocycles. The van der Waals surface area contributed by atoms with Crippen LogP contribution in [-0.4, -0.2) is 90.6 Å². The lowest BCUT2D eigenvalue weighted by atomic mass is 10.0. The standard InChI is InChI=1S/C38H51N7O6/c1-2-3-4-10-22-40-42-35(48)27-15-17-28(18-16-27)43-23-25-44(26-24-43)33(47)14-8-6-5-7-9-21-39-30-13-11-12-29-34(30)38(51)45(37(29)50)31-19-20-32(46)41-36(31)49/h11-13,15-18,31,39-40H,2-10,14,19-26H2,1H3,(H,42,48)(H,41,46,49). The molecule has 1 atom stereocenters. The summed E-state index contributed by atoms with van der Waals surface area (Å²) in [5.74, 6) is -2.01. The molecule has 0 aromatic heterocycles. The summed E-state index contributed by atoms with van der Waals surface area (Å²) in [5.41, 5.74) is 8.52. The first kappa shape index (κ1) is 37.5. The minimum atomic E-state index is -0.989. The Bertz CT molecular complexity index is 1570. The van der Waals surface area contributed by atoms with Crippen LogP contribution in [0.5, 0.6) is 0 Å². The number of amides is 6. The number of unbranched alkanes of at least 4 members (excludes halogenated alkanes) is 7. The molecule has 2 fully saturated rings. The van der Waals surface area contributed by atoms with E-state index in [0.29, 0.717) is 37.3 Å². The van der Waals surface area contributed by atoms with Crippen LogP contribution < -0.4 is 26.4 Å². The molecule has 3 heterocycles. The zero-order chi connectivity index (χ0) is 36.2. The first-order chi connectivity index (χ1) is 24.8. The summed E-state index contributed by atoms with van der Waals surface area (Å²) in [6.45, 7) is 6.41. The third kappa shape index (κ3) is 9.72. The number of piperazine rings is 1. The third-order valence-corrected chi connectivity index (χ3v) is 9.84. The summed E-state index contributed by atoms with van der Waals surface area (Å²) in [6, 6.07) is 11.7. The molecule has 3 aliphatic heterocycles. The fourth-order valence-electron chi connectivity index (χ4n) is 6.87. The van der Waals surface area contributed by atoms with Gasteiger partial charge in [0.15, 0.2) is 0 Å². The predicted octanol–water partition coefficient (Wildman–Crippen LogP) is 4.00. The number of hydrogen-bond acceptors (Lipinski definition) is 9. The second kappa shape index (κ2) is 18.5. The van der Waals surface area contributed by atoms with Gasteiger partial charge in [0.25, 0.3) is 17.7 Å². The second-order valence-electron chi connectivity index (χ2n) is 13.5. The van der Waals surface area contributed by atoms with Gasteiger partial charge in [-0.05, 0) is 62.1 Å². The fourth-order valence-corrected chi connectivity index (χ4v) is 6.87. The molecule has 274 valence electrons. The largest absolute Gasteiger partial charge is 0.384 e. The smallest absolute Gasteiger partial charge is 0.265 e. The lowest BCUT2D eigenvalue weighted by Gasteiger charge is -2.36. The average molecular weight is 702 g/mol. The van der Waals surface area contributed by atoms with Gasteiger partial charge in [0.1, 0.15) is 6.04 Å². The summed E-state index contributed by atoms with van der Waals surface area (Å²) >= 11 is 0. The highest BCUT2D eigenvalue weighted by Crippen LogP contribution is 2.32. The Kier molecular flexibility index (Phi) is 13.6. The van der Waals surface area contributed by atoms with E-state index < -0.39 is 29.7 Å². The number of benzene rings is 2. The molecule has 5 rings (SSSR count). The number of carbonyl (C=O) groups is 6. The molecular formula is C38H51N7O6. The van der Waals surface area contributed by atoms with Crippen LogP contribution in [0.25, 0.3) is 0 Å². The van der Waals surface area contributed by atoms with Gasteiger partial charge in [-0.3, -0.25) is 44.4 Å². The maximum Gasteiger partial charge on any atom is 0.265 e. The Morgan fingerprint density at radius 3 is 2.25 bits per heavy atom. The molecule has 0 bridgehead atoms. The van der Waals surface area contributed by atoms with Crippen LogP contribution in [0.2, 0.25) is 0 Å². The fraction of sp³-hybridized carbons (Fsp3) is 0.526. The number of rotatable bonds is 18. The molecule has 0 saturated carbocycles. The molecular weight excluding hydrogens is 650 g/mol. The van der Waals surface area contributed by atoms with Crippen molar-refractivity contribution in [3.8, 4) is 0 Å². The van der Waals surface area contributed by atoms with Gasteiger partial charge in [0.2, 0.25) is 17.7 Å². The minimum absolute atomic E-state index is 0.0810. The minimum Gasteiger partial charge on any atom is -0.384 e. The van der Waals surface area contributed by atoms with Gasteiger partial charge in [-0.2, -0.15) is 0 Å². The summed E-state index contributed by atoms with van der Waals surface area (Å²) in [7, 11) is 0. The van der Waals surface area contributed by atoms with Crippen LogP contribution in [0.1, 0.15) is 115 Å². The van der Waals surface area contributed by atoms with E-state index in [9.17, 15) is 28.8 Å². The van der Waals surface area contributed by atoms with Gasteiger partial charge in [-0.1, -0.05) is 51.5 Å². The van der Waals surface area contributed by atoms with Crippen molar-refractivity contribution < 1.29 is 28.8 Å².